The molecule has 0 aliphatic carbocycles. The van der Waals surface area contributed by atoms with Crippen LogP contribution in [0.25, 0.3) is 0 Å². The molecule has 2 aromatic heterocycles. The standard InChI is InChI=1S/C15H19N3O2/c1-3-12-9-15(17-11(2)16-12)18-6-8-20-14(10-18)13-5-4-7-19-13/h4-5,7,9,14H,3,6,8,10H2,1-2H3. The predicted octanol–water partition coefficient (Wildman–Crippen LogP) is 2.52. The number of anilines is 1. The topological polar surface area (TPSA) is 51.4 Å². The van der Waals surface area contributed by atoms with E-state index in [1.54, 1.807) is 6.26 Å². The van der Waals surface area contributed by atoms with Crippen LogP contribution < -0.4 is 4.90 Å². The SMILES string of the molecule is CCc1cc(N2CCOC(c3ccco3)C2)nc(C)n1. The highest BCUT2D eigenvalue weighted by atomic mass is 16.5. The highest BCUT2D eigenvalue weighted by Gasteiger charge is 2.25. The maximum absolute atomic E-state index is 5.78. The smallest absolute Gasteiger partial charge is 0.134 e. The Kier molecular flexibility index (Phi) is 3.69. The molecule has 0 radical (unpaired) electrons. The molecule has 0 aromatic carbocycles. The molecule has 3 rings (SSSR count). The van der Waals surface area contributed by atoms with Crippen LogP contribution in [-0.4, -0.2) is 29.7 Å². The molecule has 1 saturated heterocycles. The second kappa shape index (κ2) is 5.63. The van der Waals surface area contributed by atoms with Crippen molar-refractivity contribution >= 4 is 5.82 Å². The Bertz CT molecular complexity index is 569. The molecule has 1 aliphatic heterocycles. The van der Waals surface area contributed by atoms with Gasteiger partial charge in [0.05, 0.1) is 19.4 Å². The largest absolute Gasteiger partial charge is 0.467 e. The molecule has 1 aliphatic rings. The lowest BCUT2D eigenvalue weighted by Gasteiger charge is -2.33. The van der Waals surface area contributed by atoms with E-state index < -0.39 is 0 Å². The Hall–Kier alpha value is -1.88. The normalized spacial score (nSPS) is 19.3. The maximum atomic E-state index is 5.78. The average Bonchev–Trinajstić information content (AvgIpc) is 3.01. The van der Waals surface area contributed by atoms with Crippen molar-refractivity contribution in [3.8, 4) is 0 Å². The number of aryl methyl sites for hydroxylation is 2. The van der Waals surface area contributed by atoms with E-state index in [1.165, 1.54) is 0 Å². The quantitative estimate of drug-likeness (QED) is 0.860. The van der Waals surface area contributed by atoms with Crippen LogP contribution in [0.4, 0.5) is 5.82 Å². The Morgan fingerprint density at radius 2 is 2.30 bits per heavy atom. The summed E-state index contributed by atoms with van der Waals surface area (Å²) < 4.78 is 11.2. The number of furan rings is 1. The third kappa shape index (κ3) is 2.67. The third-order valence-corrected chi connectivity index (χ3v) is 3.49. The van der Waals surface area contributed by atoms with Crippen molar-refractivity contribution in [3.63, 3.8) is 0 Å². The molecule has 1 unspecified atom stereocenters. The van der Waals surface area contributed by atoms with Gasteiger partial charge in [0, 0.05) is 18.3 Å². The highest BCUT2D eigenvalue weighted by Crippen LogP contribution is 2.25. The number of morpholine rings is 1. The molecule has 0 spiro atoms. The van der Waals surface area contributed by atoms with Gasteiger partial charge in [0.15, 0.2) is 0 Å². The summed E-state index contributed by atoms with van der Waals surface area (Å²) in [5, 5.41) is 0. The number of ether oxygens (including phenoxy) is 1. The fourth-order valence-corrected chi connectivity index (χ4v) is 2.46. The summed E-state index contributed by atoms with van der Waals surface area (Å²) in [5.41, 5.74) is 1.08. The van der Waals surface area contributed by atoms with E-state index in [1.807, 2.05) is 19.1 Å². The first kappa shape index (κ1) is 13.1. The van der Waals surface area contributed by atoms with E-state index >= 15 is 0 Å². The van der Waals surface area contributed by atoms with Crippen LogP contribution in [0.1, 0.15) is 30.3 Å². The summed E-state index contributed by atoms with van der Waals surface area (Å²) in [5.74, 6) is 2.67. The molecule has 5 nitrogen and oxygen atoms in total. The van der Waals surface area contributed by atoms with Crippen molar-refractivity contribution in [2.45, 2.75) is 26.4 Å². The lowest BCUT2D eigenvalue weighted by molar-refractivity contribution is 0.0255. The van der Waals surface area contributed by atoms with Gasteiger partial charge in [-0.2, -0.15) is 0 Å². The lowest BCUT2D eigenvalue weighted by atomic mass is 10.2. The molecule has 1 atom stereocenters. The maximum Gasteiger partial charge on any atom is 0.134 e. The van der Waals surface area contributed by atoms with Gasteiger partial charge in [0.25, 0.3) is 0 Å². The summed E-state index contributed by atoms with van der Waals surface area (Å²) in [4.78, 5) is 11.2. The number of aromatic nitrogens is 2. The van der Waals surface area contributed by atoms with Crippen molar-refractivity contribution in [2.75, 3.05) is 24.6 Å². The molecular weight excluding hydrogens is 254 g/mol. The van der Waals surface area contributed by atoms with Gasteiger partial charge in [-0.05, 0) is 25.5 Å². The van der Waals surface area contributed by atoms with Gasteiger partial charge < -0.3 is 14.1 Å². The predicted molar refractivity (Wildman–Crippen MR) is 75.8 cm³/mol. The van der Waals surface area contributed by atoms with Crippen molar-refractivity contribution in [2.24, 2.45) is 0 Å². The molecule has 0 N–H and O–H groups in total. The Morgan fingerprint density at radius 1 is 1.40 bits per heavy atom. The van der Waals surface area contributed by atoms with Gasteiger partial charge in [-0.1, -0.05) is 6.92 Å². The summed E-state index contributed by atoms with van der Waals surface area (Å²) in [6.45, 7) is 6.32. The fourth-order valence-electron chi connectivity index (χ4n) is 2.46. The van der Waals surface area contributed by atoms with Gasteiger partial charge in [0.2, 0.25) is 0 Å². The number of nitrogens with zero attached hydrogens (tertiary/aromatic N) is 3. The molecule has 5 heteroatoms. The molecule has 0 bridgehead atoms. The first-order valence-corrected chi connectivity index (χ1v) is 7.00. The van der Waals surface area contributed by atoms with Crippen molar-refractivity contribution in [1.82, 2.24) is 9.97 Å². The van der Waals surface area contributed by atoms with E-state index in [9.17, 15) is 0 Å². The third-order valence-electron chi connectivity index (χ3n) is 3.49. The van der Waals surface area contributed by atoms with Gasteiger partial charge >= 0.3 is 0 Å². The molecular formula is C15H19N3O2. The highest BCUT2D eigenvalue weighted by molar-refractivity contribution is 5.41. The minimum absolute atomic E-state index is 0.0286. The zero-order valence-corrected chi connectivity index (χ0v) is 11.9. The van der Waals surface area contributed by atoms with Gasteiger partial charge in [-0.3, -0.25) is 0 Å². The van der Waals surface area contributed by atoms with Crippen molar-refractivity contribution in [1.29, 1.82) is 0 Å². The molecule has 1 fully saturated rings. The van der Waals surface area contributed by atoms with Gasteiger partial charge in [-0.15, -0.1) is 0 Å². The van der Waals surface area contributed by atoms with E-state index in [0.29, 0.717) is 6.61 Å². The lowest BCUT2D eigenvalue weighted by Crippen LogP contribution is -2.39. The van der Waals surface area contributed by atoms with E-state index in [4.69, 9.17) is 9.15 Å². The van der Waals surface area contributed by atoms with Crippen LogP contribution in [0.15, 0.2) is 28.9 Å². The molecule has 106 valence electrons. The monoisotopic (exact) mass is 273 g/mol. The Labute approximate surface area is 118 Å². The molecule has 2 aromatic rings. The number of hydrogen-bond donors (Lipinski definition) is 0. The Balaban J connectivity index is 1.81. The first-order chi connectivity index (χ1) is 9.76. The van der Waals surface area contributed by atoms with Gasteiger partial charge in [0.1, 0.15) is 23.5 Å². The minimum atomic E-state index is -0.0286. The molecule has 0 saturated carbocycles. The minimum Gasteiger partial charge on any atom is -0.467 e. The zero-order chi connectivity index (χ0) is 13.9. The van der Waals surface area contributed by atoms with Crippen molar-refractivity contribution < 1.29 is 9.15 Å². The van der Waals surface area contributed by atoms with E-state index in [2.05, 4.69) is 27.9 Å². The van der Waals surface area contributed by atoms with Crippen molar-refractivity contribution in [3.05, 3.63) is 41.7 Å². The van der Waals surface area contributed by atoms with Crippen LogP contribution in [-0.2, 0) is 11.2 Å². The summed E-state index contributed by atoms with van der Waals surface area (Å²) in [7, 11) is 0. The average molecular weight is 273 g/mol. The Morgan fingerprint density at radius 3 is 3.05 bits per heavy atom. The molecule has 0 amide bonds. The van der Waals surface area contributed by atoms with Gasteiger partial charge in [-0.25, -0.2) is 9.97 Å². The summed E-state index contributed by atoms with van der Waals surface area (Å²) in [6, 6.07) is 5.91. The first-order valence-electron chi connectivity index (χ1n) is 7.00. The van der Waals surface area contributed by atoms with E-state index in [0.717, 1.165) is 42.6 Å². The summed E-state index contributed by atoms with van der Waals surface area (Å²) in [6.07, 6.45) is 2.57. The van der Waals surface area contributed by atoms with Crippen LogP contribution in [0.2, 0.25) is 0 Å². The number of hydrogen-bond acceptors (Lipinski definition) is 5. The fraction of sp³-hybridized carbons (Fsp3) is 0.467. The van der Waals surface area contributed by atoms with Crippen LogP contribution in [0.5, 0.6) is 0 Å². The zero-order valence-electron chi connectivity index (χ0n) is 11.9. The van der Waals surface area contributed by atoms with Crippen LogP contribution >= 0.6 is 0 Å². The van der Waals surface area contributed by atoms with Crippen LogP contribution in [0, 0.1) is 6.92 Å². The number of rotatable bonds is 3. The summed E-state index contributed by atoms with van der Waals surface area (Å²) >= 11 is 0. The van der Waals surface area contributed by atoms with E-state index in [-0.39, 0.29) is 6.10 Å². The van der Waals surface area contributed by atoms with Crippen LogP contribution in [0.3, 0.4) is 0 Å². The molecule has 20 heavy (non-hydrogen) atoms. The second-order valence-electron chi connectivity index (χ2n) is 4.94. The molecule has 3 heterocycles. The second-order valence-corrected chi connectivity index (χ2v) is 4.94.